The molecule has 0 spiro atoms. The highest BCUT2D eigenvalue weighted by Gasteiger charge is 2.47. The fraction of sp³-hybridized carbons (Fsp3) is 0.562. The Labute approximate surface area is 255 Å². The average Bonchev–Trinajstić information content (AvgIpc) is 3.68. The summed E-state index contributed by atoms with van der Waals surface area (Å²) in [5.74, 6) is -2.64. The van der Waals surface area contributed by atoms with Crippen LogP contribution in [0.15, 0.2) is 48.5 Å². The number of nitrogens with one attached hydrogen (secondary N) is 1. The minimum absolute atomic E-state index is 0.0161. The van der Waals surface area contributed by atoms with Gasteiger partial charge in [-0.15, -0.1) is 0 Å². The molecule has 2 amide bonds. The molecule has 2 aromatic carbocycles. The van der Waals surface area contributed by atoms with E-state index in [9.17, 15) is 27.9 Å². The summed E-state index contributed by atoms with van der Waals surface area (Å²) in [4.78, 5) is 27.7. The van der Waals surface area contributed by atoms with Crippen LogP contribution in [-0.4, -0.2) is 84.4 Å². The van der Waals surface area contributed by atoms with Crippen LogP contribution in [-0.2, 0) is 30.4 Å². The van der Waals surface area contributed by atoms with E-state index < -0.39 is 30.3 Å². The Morgan fingerprint density at radius 3 is 2.34 bits per heavy atom. The minimum atomic E-state index is -5.03. The van der Waals surface area contributed by atoms with E-state index in [2.05, 4.69) is 17.1 Å². The van der Waals surface area contributed by atoms with E-state index in [-0.39, 0.29) is 37.7 Å². The van der Waals surface area contributed by atoms with Crippen LogP contribution in [0.3, 0.4) is 0 Å². The molecule has 0 bridgehead atoms. The van der Waals surface area contributed by atoms with Crippen molar-refractivity contribution in [3.05, 3.63) is 65.2 Å². The van der Waals surface area contributed by atoms with Crippen molar-refractivity contribution in [1.29, 1.82) is 0 Å². The molecule has 6 atom stereocenters. The lowest BCUT2D eigenvalue weighted by molar-refractivity contribution is -0.276. The summed E-state index contributed by atoms with van der Waals surface area (Å²) in [6.07, 6.45) is -3.53. The number of methoxy groups -OCH3 is 1. The number of carbonyl (C=O) groups excluding carboxylic acids is 2. The molecule has 9 nitrogen and oxygen atoms in total. The first-order chi connectivity index (χ1) is 21.1. The highest BCUT2D eigenvalue weighted by Crippen LogP contribution is 2.42. The predicted molar refractivity (Wildman–Crippen MR) is 155 cm³/mol. The average molecular weight is 620 g/mol. The van der Waals surface area contributed by atoms with Crippen LogP contribution in [0.4, 0.5) is 18.9 Å². The zero-order valence-electron chi connectivity index (χ0n) is 25.0. The third-order valence-corrected chi connectivity index (χ3v) is 8.91. The number of aliphatic hydroxyl groups is 1. The van der Waals surface area contributed by atoms with Gasteiger partial charge in [0.1, 0.15) is 6.04 Å². The summed E-state index contributed by atoms with van der Waals surface area (Å²) in [6, 6.07) is 13.7. The van der Waals surface area contributed by atoms with E-state index in [4.69, 9.17) is 14.2 Å². The van der Waals surface area contributed by atoms with E-state index in [0.717, 1.165) is 36.1 Å². The van der Waals surface area contributed by atoms with Crippen molar-refractivity contribution in [2.45, 2.75) is 76.0 Å². The molecular formula is C32H40F3N3O6. The van der Waals surface area contributed by atoms with Gasteiger partial charge in [0.2, 0.25) is 5.91 Å². The first kappa shape index (κ1) is 32.4. The van der Waals surface area contributed by atoms with Gasteiger partial charge in [-0.2, -0.15) is 13.2 Å². The number of nitrogens with zero attached hydrogens (tertiary/aromatic N) is 2. The summed E-state index contributed by atoms with van der Waals surface area (Å²) in [7, 11) is 1.71. The molecule has 0 saturated carbocycles. The highest BCUT2D eigenvalue weighted by atomic mass is 19.4. The summed E-state index contributed by atoms with van der Waals surface area (Å²) in [6.45, 7) is 4.28. The monoisotopic (exact) mass is 619 g/mol. The van der Waals surface area contributed by atoms with E-state index in [1.807, 2.05) is 24.3 Å². The molecular weight excluding hydrogens is 579 g/mol. The summed E-state index contributed by atoms with van der Waals surface area (Å²) < 4.78 is 57.6. The molecule has 2 N–H and O–H groups in total. The molecule has 3 saturated heterocycles. The van der Waals surface area contributed by atoms with E-state index >= 15 is 0 Å². The van der Waals surface area contributed by atoms with Crippen molar-refractivity contribution < 1.29 is 42.1 Å². The topological polar surface area (TPSA) is 101 Å². The van der Waals surface area contributed by atoms with Crippen molar-refractivity contribution in [1.82, 2.24) is 9.80 Å². The fourth-order valence-electron chi connectivity index (χ4n) is 6.47. The third-order valence-electron chi connectivity index (χ3n) is 8.91. The number of rotatable bonds is 9. The number of amides is 2. The quantitative estimate of drug-likeness (QED) is 0.424. The minimum Gasteiger partial charge on any atom is -0.392 e. The van der Waals surface area contributed by atoms with Gasteiger partial charge in [-0.3, -0.25) is 14.5 Å². The van der Waals surface area contributed by atoms with Gasteiger partial charge in [-0.25, -0.2) is 0 Å². The molecule has 0 radical (unpaired) electrons. The summed E-state index contributed by atoms with van der Waals surface area (Å²) >= 11 is 0. The number of hydrogen-bond donors (Lipinski definition) is 2. The second kappa shape index (κ2) is 13.9. The fourth-order valence-corrected chi connectivity index (χ4v) is 6.47. The smallest absolute Gasteiger partial charge is 0.392 e. The van der Waals surface area contributed by atoms with Gasteiger partial charge in [-0.05, 0) is 55.5 Å². The maximum Gasteiger partial charge on any atom is 0.471 e. The predicted octanol–water partition coefficient (Wildman–Crippen LogP) is 4.57. The Hall–Kier alpha value is -3.03. The number of likely N-dealkylation sites (tertiary alicyclic amines) is 2. The van der Waals surface area contributed by atoms with E-state index in [1.165, 1.54) is 0 Å². The van der Waals surface area contributed by atoms with Gasteiger partial charge in [0.05, 0.1) is 25.4 Å². The van der Waals surface area contributed by atoms with Gasteiger partial charge in [0.15, 0.2) is 6.29 Å². The van der Waals surface area contributed by atoms with Crippen molar-refractivity contribution in [3.8, 4) is 0 Å². The Bertz CT molecular complexity index is 1280. The zero-order chi connectivity index (χ0) is 31.4. The number of aliphatic hydroxyl groups excluding tert-OH is 1. The maximum absolute atomic E-state index is 13.0. The molecule has 3 fully saturated rings. The van der Waals surface area contributed by atoms with Gasteiger partial charge in [0, 0.05) is 43.4 Å². The number of anilines is 1. The number of alkyl halides is 3. The van der Waals surface area contributed by atoms with Crippen molar-refractivity contribution >= 4 is 17.5 Å². The second-order valence-corrected chi connectivity index (χ2v) is 11.8. The molecule has 2 aromatic rings. The molecule has 12 heteroatoms. The molecule has 5 rings (SSSR count). The lowest BCUT2D eigenvalue weighted by atomic mass is 9.90. The van der Waals surface area contributed by atoms with Gasteiger partial charge < -0.3 is 29.5 Å². The molecule has 44 heavy (non-hydrogen) atoms. The lowest BCUT2D eigenvalue weighted by Gasteiger charge is -2.43. The van der Waals surface area contributed by atoms with Crippen molar-refractivity contribution in [3.63, 3.8) is 0 Å². The maximum atomic E-state index is 13.0. The number of hydrogen-bond acceptors (Lipinski definition) is 7. The number of benzene rings is 2. The number of carbonyl (C=O) groups is 2. The van der Waals surface area contributed by atoms with Crippen LogP contribution in [0.2, 0.25) is 0 Å². The molecule has 3 heterocycles. The highest BCUT2D eigenvalue weighted by molar-refractivity contribution is 5.98. The summed E-state index contributed by atoms with van der Waals surface area (Å²) in [5, 5.41) is 12.2. The first-order valence-corrected chi connectivity index (χ1v) is 15.1. The molecule has 3 aliphatic heterocycles. The second-order valence-electron chi connectivity index (χ2n) is 11.8. The zero-order valence-corrected chi connectivity index (χ0v) is 25.0. The Kier molecular flexibility index (Phi) is 10.3. The van der Waals surface area contributed by atoms with Crippen LogP contribution in [0.5, 0.6) is 0 Å². The first-order valence-electron chi connectivity index (χ1n) is 15.1. The van der Waals surface area contributed by atoms with Crippen LogP contribution in [0.25, 0.3) is 0 Å². The van der Waals surface area contributed by atoms with Crippen LogP contribution >= 0.6 is 0 Å². The molecule has 240 valence electrons. The Balaban J connectivity index is 1.31. The standard InChI is InChI=1S/C32H40F3N3O6/c1-20-27(17-37-15-3-5-25(37)19-42-2)43-30(44-28(20)22-9-7-21(18-39)8-10-22)23-11-13-24(14-12-23)36-29(40)26-6-4-16-38(26)31(41)32(33,34)35/h7-14,20,25-28,30,39H,3-6,15-19H2,1-2H3,(H,36,40). The Morgan fingerprint density at radius 2 is 1.68 bits per heavy atom. The summed E-state index contributed by atoms with van der Waals surface area (Å²) in [5.41, 5.74) is 2.89. The SMILES string of the molecule is COCC1CCCN1CC1OC(c2ccc(NC(=O)C3CCCN3C(=O)C(F)(F)F)cc2)OC(c2ccc(CO)cc2)C1C. The van der Waals surface area contributed by atoms with Crippen LogP contribution < -0.4 is 5.32 Å². The normalized spacial score (nSPS) is 27.9. The van der Waals surface area contributed by atoms with Crippen molar-refractivity contribution in [2.24, 2.45) is 5.92 Å². The van der Waals surface area contributed by atoms with E-state index in [1.54, 1.807) is 31.4 Å². The largest absolute Gasteiger partial charge is 0.471 e. The number of ether oxygens (including phenoxy) is 3. The molecule has 3 aliphatic rings. The van der Waals surface area contributed by atoms with E-state index in [0.29, 0.717) is 36.2 Å². The van der Waals surface area contributed by atoms with Gasteiger partial charge in [0.25, 0.3) is 0 Å². The molecule has 0 aromatic heterocycles. The lowest BCUT2D eigenvalue weighted by Crippen LogP contribution is -2.48. The van der Waals surface area contributed by atoms with Gasteiger partial charge in [-0.1, -0.05) is 43.3 Å². The molecule has 6 unspecified atom stereocenters. The Morgan fingerprint density at radius 1 is 1.00 bits per heavy atom. The van der Waals surface area contributed by atoms with Crippen LogP contribution in [0, 0.1) is 5.92 Å². The van der Waals surface area contributed by atoms with Crippen LogP contribution in [0.1, 0.15) is 61.7 Å². The van der Waals surface area contributed by atoms with Crippen molar-refractivity contribution in [2.75, 3.05) is 38.7 Å². The molecule has 0 aliphatic carbocycles. The van der Waals surface area contributed by atoms with Gasteiger partial charge >= 0.3 is 12.1 Å². The number of halogens is 3. The third kappa shape index (κ3) is 7.26.